The molecule has 3 fully saturated rings. The lowest BCUT2D eigenvalue weighted by molar-refractivity contribution is -0.136. The van der Waals surface area contributed by atoms with Gasteiger partial charge in [0.25, 0.3) is 5.91 Å². The van der Waals surface area contributed by atoms with Crippen molar-refractivity contribution in [3.05, 3.63) is 53.2 Å². The summed E-state index contributed by atoms with van der Waals surface area (Å²) in [6, 6.07) is 9.47. The quantitative estimate of drug-likeness (QED) is 0.620. The zero-order chi connectivity index (χ0) is 24.8. The smallest absolute Gasteiger partial charge is 0.255 e. The number of rotatable bonds is 6. The lowest BCUT2D eigenvalue weighted by Gasteiger charge is -2.45. The molecule has 0 spiro atoms. The second-order valence-electron chi connectivity index (χ2n) is 10.2. The van der Waals surface area contributed by atoms with Gasteiger partial charge in [0.15, 0.2) is 0 Å². The second-order valence-corrected chi connectivity index (χ2v) is 10.2. The number of methoxy groups -OCH3 is 1. The molecule has 188 valence electrons. The molecule has 0 bridgehead atoms. The summed E-state index contributed by atoms with van der Waals surface area (Å²) in [4.78, 5) is 45.0. The van der Waals surface area contributed by atoms with Gasteiger partial charge >= 0.3 is 0 Å². The van der Waals surface area contributed by atoms with Gasteiger partial charge in [-0.15, -0.1) is 0 Å². The van der Waals surface area contributed by atoms with Gasteiger partial charge in [-0.3, -0.25) is 24.6 Å². The highest BCUT2D eigenvalue weighted by molar-refractivity contribution is 6.05. The fourth-order valence-electron chi connectivity index (χ4n) is 6.05. The van der Waals surface area contributed by atoms with Crippen molar-refractivity contribution in [1.82, 2.24) is 20.1 Å². The molecule has 9 heteroatoms. The SMILES string of the molecule is COc1cc(C2CN([C@H]3CCC[C@H]3Oc3ccc4c(c3)CN(C3CCC(=O)NC3=O)C4=O)C2)ccn1. The van der Waals surface area contributed by atoms with E-state index in [1.54, 1.807) is 24.3 Å². The molecule has 0 radical (unpaired) electrons. The third-order valence-corrected chi connectivity index (χ3v) is 8.02. The van der Waals surface area contributed by atoms with E-state index in [4.69, 9.17) is 9.47 Å². The van der Waals surface area contributed by atoms with E-state index in [1.165, 1.54) is 5.56 Å². The van der Waals surface area contributed by atoms with Crippen LogP contribution in [0.3, 0.4) is 0 Å². The number of carbonyl (C=O) groups is 3. The van der Waals surface area contributed by atoms with E-state index in [9.17, 15) is 14.4 Å². The van der Waals surface area contributed by atoms with Crippen LogP contribution in [0.2, 0.25) is 0 Å². The zero-order valence-electron chi connectivity index (χ0n) is 20.3. The predicted octanol–water partition coefficient (Wildman–Crippen LogP) is 2.25. The molecule has 1 aromatic carbocycles. The van der Waals surface area contributed by atoms with Crippen LogP contribution >= 0.6 is 0 Å². The molecule has 1 unspecified atom stereocenters. The summed E-state index contributed by atoms with van der Waals surface area (Å²) in [7, 11) is 1.64. The number of carbonyl (C=O) groups excluding carboxylic acids is 3. The number of nitrogens with one attached hydrogen (secondary N) is 1. The van der Waals surface area contributed by atoms with Gasteiger partial charge in [-0.05, 0) is 61.1 Å². The van der Waals surface area contributed by atoms with Crippen molar-refractivity contribution >= 4 is 17.7 Å². The van der Waals surface area contributed by atoms with E-state index in [1.807, 2.05) is 18.2 Å². The van der Waals surface area contributed by atoms with Crippen molar-refractivity contribution in [2.75, 3.05) is 20.2 Å². The summed E-state index contributed by atoms with van der Waals surface area (Å²) >= 11 is 0. The number of benzene rings is 1. The van der Waals surface area contributed by atoms with E-state index in [-0.39, 0.29) is 24.3 Å². The Bertz CT molecular complexity index is 1210. The number of pyridine rings is 1. The van der Waals surface area contributed by atoms with Crippen molar-refractivity contribution < 1.29 is 23.9 Å². The summed E-state index contributed by atoms with van der Waals surface area (Å²) in [5.41, 5.74) is 2.73. The minimum atomic E-state index is -0.606. The number of piperidine rings is 1. The van der Waals surface area contributed by atoms with Crippen LogP contribution in [0, 0.1) is 0 Å². The minimum absolute atomic E-state index is 0.110. The Hall–Kier alpha value is -3.46. The molecule has 2 aromatic rings. The van der Waals surface area contributed by atoms with E-state index in [2.05, 4.69) is 21.3 Å². The van der Waals surface area contributed by atoms with Crippen LogP contribution in [0.15, 0.2) is 36.5 Å². The van der Waals surface area contributed by atoms with E-state index >= 15 is 0 Å². The van der Waals surface area contributed by atoms with E-state index < -0.39 is 11.9 Å². The van der Waals surface area contributed by atoms with Crippen molar-refractivity contribution in [2.45, 2.75) is 62.8 Å². The maximum atomic E-state index is 13.0. The minimum Gasteiger partial charge on any atom is -0.489 e. The summed E-state index contributed by atoms with van der Waals surface area (Å²) in [6.07, 6.45) is 5.78. The number of aromatic nitrogens is 1. The third kappa shape index (κ3) is 4.11. The Kier molecular flexibility index (Phi) is 5.87. The van der Waals surface area contributed by atoms with Gasteiger partial charge in [-0.1, -0.05) is 0 Å². The van der Waals surface area contributed by atoms with Gasteiger partial charge in [0.2, 0.25) is 17.7 Å². The van der Waals surface area contributed by atoms with Crippen LogP contribution in [0.1, 0.15) is 59.5 Å². The van der Waals surface area contributed by atoms with Gasteiger partial charge < -0.3 is 14.4 Å². The molecule has 6 rings (SSSR count). The molecule has 3 aliphatic heterocycles. The van der Waals surface area contributed by atoms with Gasteiger partial charge in [-0.2, -0.15) is 0 Å². The molecule has 2 saturated heterocycles. The van der Waals surface area contributed by atoms with Crippen molar-refractivity contribution in [1.29, 1.82) is 0 Å². The molecule has 1 aliphatic carbocycles. The summed E-state index contributed by atoms with van der Waals surface area (Å²) < 4.78 is 11.7. The molecule has 9 nitrogen and oxygen atoms in total. The molecule has 1 N–H and O–H groups in total. The molecule has 36 heavy (non-hydrogen) atoms. The molecule has 4 aliphatic rings. The Morgan fingerprint density at radius 2 is 1.92 bits per heavy atom. The van der Waals surface area contributed by atoms with Gasteiger partial charge in [-0.25, -0.2) is 4.98 Å². The highest BCUT2D eigenvalue weighted by Crippen LogP contribution is 2.37. The average molecular weight is 491 g/mol. The Labute approximate surface area is 209 Å². The number of hydrogen-bond donors (Lipinski definition) is 1. The van der Waals surface area contributed by atoms with Gasteiger partial charge in [0.05, 0.1) is 7.11 Å². The number of ether oxygens (including phenoxy) is 2. The lowest BCUT2D eigenvalue weighted by Crippen LogP contribution is -2.54. The van der Waals surface area contributed by atoms with Crippen LogP contribution < -0.4 is 14.8 Å². The summed E-state index contributed by atoms with van der Waals surface area (Å²) in [6.45, 7) is 2.35. The highest BCUT2D eigenvalue weighted by atomic mass is 16.5. The van der Waals surface area contributed by atoms with E-state index in [0.717, 1.165) is 43.7 Å². The van der Waals surface area contributed by atoms with Crippen molar-refractivity contribution in [3.8, 4) is 11.6 Å². The topological polar surface area (TPSA) is 101 Å². The fraction of sp³-hybridized carbons (Fsp3) is 0.481. The number of amides is 3. The van der Waals surface area contributed by atoms with Crippen LogP contribution in [-0.4, -0.2) is 70.9 Å². The predicted molar refractivity (Wildman–Crippen MR) is 130 cm³/mol. The van der Waals surface area contributed by atoms with Crippen LogP contribution in [0.25, 0.3) is 0 Å². The van der Waals surface area contributed by atoms with Gasteiger partial charge in [0.1, 0.15) is 17.9 Å². The first-order valence-corrected chi connectivity index (χ1v) is 12.7. The molecule has 3 amide bonds. The number of hydrogen-bond acceptors (Lipinski definition) is 7. The Morgan fingerprint density at radius 1 is 1.06 bits per heavy atom. The molecular weight excluding hydrogens is 460 g/mol. The van der Waals surface area contributed by atoms with E-state index in [0.29, 0.717) is 36.4 Å². The number of imide groups is 1. The first-order chi connectivity index (χ1) is 17.5. The Balaban J connectivity index is 1.09. The number of likely N-dealkylation sites (tertiary alicyclic amines) is 1. The standard InChI is InChI=1S/C27H30N4O5/c1-35-25-12-16(9-10-28-25)18-13-30(14-18)21-3-2-4-23(21)36-19-5-6-20-17(11-19)15-31(27(20)34)22-7-8-24(32)29-26(22)33/h5-6,9-12,18,21-23H,2-4,7-8,13-15H2,1H3,(H,29,32,33)/t21-,22?,23+/m0/s1. The molecule has 1 saturated carbocycles. The normalized spacial score (nSPS) is 26.5. The Morgan fingerprint density at radius 3 is 2.72 bits per heavy atom. The van der Waals surface area contributed by atoms with Crippen molar-refractivity contribution in [3.63, 3.8) is 0 Å². The number of fused-ring (bicyclic) bond motifs is 1. The maximum Gasteiger partial charge on any atom is 0.255 e. The zero-order valence-corrected chi connectivity index (χ0v) is 20.3. The molecule has 1 aromatic heterocycles. The first-order valence-electron chi connectivity index (χ1n) is 12.7. The summed E-state index contributed by atoms with van der Waals surface area (Å²) in [5, 5.41) is 2.35. The lowest BCUT2D eigenvalue weighted by atomic mass is 9.90. The monoisotopic (exact) mass is 490 g/mol. The second kappa shape index (κ2) is 9.20. The fourth-order valence-corrected chi connectivity index (χ4v) is 6.05. The van der Waals surface area contributed by atoms with Crippen LogP contribution in [-0.2, 0) is 16.1 Å². The molecule has 4 heterocycles. The van der Waals surface area contributed by atoms with Gasteiger partial charge in [0, 0.05) is 55.8 Å². The third-order valence-electron chi connectivity index (χ3n) is 8.02. The number of nitrogens with zero attached hydrogens (tertiary/aromatic N) is 3. The molecular formula is C27H30N4O5. The maximum absolute atomic E-state index is 13.0. The largest absolute Gasteiger partial charge is 0.489 e. The average Bonchev–Trinajstić information content (AvgIpc) is 3.42. The van der Waals surface area contributed by atoms with Crippen LogP contribution in [0.5, 0.6) is 11.6 Å². The summed E-state index contributed by atoms with van der Waals surface area (Å²) in [5.74, 6) is 1.06. The highest BCUT2D eigenvalue weighted by Gasteiger charge is 2.42. The van der Waals surface area contributed by atoms with Crippen LogP contribution in [0.4, 0.5) is 0 Å². The first kappa shape index (κ1) is 23.0. The van der Waals surface area contributed by atoms with Crippen molar-refractivity contribution in [2.24, 2.45) is 0 Å². The molecule has 3 atom stereocenters.